The van der Waals surface area contributed by atoms with E-state index in [0.29, 0.717) is 0 Å². The smallest absolute Gasteiger partial charge is 0.0135 e. The van der Waals surface area contributed by atoms with Crippen LogP contribution >= 0.6 is 0 Å². The first kappa shape index (κ1) is 49.0. The molecule has 0 aromatic rings. The van der Waals surface area contributed by atoms with Crippen LogP contribution in [0.5, 0.6) is 0 Å². The van der Waals surface area contributed by atoms with Crippen LogP contribution in [0.3, 0.4) is 0 Å². The van der Waals surface area contributed by atoms with E-state index < -0.39 is 0 Å². The third-order valence-electron chi connectivity index (χ3n) is 29.2. The molecule has 0 amide bonds. The van der Waals surface area contributed by atoms with Crippen molar-refractivity contribution < 1.29 is 0 Å². The van der Waals surface area contributed by atoms with E-state index >= 15 is 0 Å². The van der Waals surface area contributed by atoms with Crippen LogP contribution in [-0.2, 0) is 0 Å². The van der Waals surface area contributed by atoms with Gasteiger partial charge in [-0.05, 0) is 221 Å². The first-order valence-corrected chi connectivity index (χ1v) is 35.3. The number of rotatable bonds is 8. The minimum absolute atomic E-state index is 0.931. The molecule has 15 fully saturated rings. The van der Waals surface area contributed by atoms with Crippen molar-refractivity contribution in [3.63, 3.8) is 0 Å². The van der Waals surface area contributed by atoms with E-state index in [4.69, 9.17) is 0 Å². The van der Waals surface area contributed by atoms with Gasteiger partial charge in [-0.25, -0.2) is 0 Å². The maximum atomic E-state index is 3.54. The molecule has 72 heavy (non-hydrogen) atoms. The Labute approximate surface area is 444 Å². The van der Waals surface area contributed by atoms with Gasteiger partial charge in [-0.3, -0.25) is 9.80 Å². The molecule has 2 nitrogen and oxygen atoms in total. The SMILES string of the molecule is C1CCC(C2C3C4CCC(N(C5CCCCC5)C5CCCCC5)C5C6CCCCC6CC(C45)C3C(C3CCCCC3)C3C4CCC(N(C5CCCCC5)C5CCCCC5)C5C6CCCCC6CC(C45)C23)CC1. The molecule has 0 N–H and O–H groups in total. The third-order valence-corrected chi connectivity index (χ3v) is 29.2. The summed E-state index contributed by atoms with van der Waals surface area (Å²) in [4.78, 5) is 7.08. The van der Waals surface area contributed by atoms with Crippen LogP contribution in [0.25, 0.3) is 0 Å². The average Bonchev–Trinajstić information content (AvgIpc) is 3.95. The van der Waals surface area contributed by atoms with Gasteiger partial charge in [-0.15, -0.1) is 0 Å². The number of fused-ring (bicyclic) bond motifs is 10. The summed E-state index contributed by atoms with van der Waals surface area (Å²) >= 11 is 0. The average molecular weight is 984 g/mol. The van der Waals surface area contributed by atoms with Gasteiger partial charge in [-0.2, -0.15) is 0 Å². The zero-order chi connectivity index (χ0) is 47.3. The molecular formula is C70H114N2. The van der Waals surface area contributed by atoms with Crippen molar-refractivity contribution in [1.82, 2.24) is 9.80 Å². The van der Waals surface area contributed by atoms with Crippen LogP contribution in [0.15, 0.2) is 0 Å². The molecule has 20 atom stereocenters. The predicted octanol–water partition coefficient (Wildman–Crippen LogP) is 18.5. The minimum atomic E-state index is 0.931. The van der Waals surface area contributed by atoms with Gasteiger partial charge in [0.1, 0.15) is 0 Å². The van der Waals surface area contributed by atoms with Crippen LogP contribution < -0.4 is 0 Å². The van der Waals surface area contributed by atoms with E-state index in [2.05, 4.69) is 9.80 Å². The van der Waals surface area contributed by atoms with Crippen LogP contribution in [-0.4, -0.2) is 46.1 Å². The quantitative estimate of drug-likeness (QED) is 0.239. The highest BCUT2D eigenvalue weighted by atomic mass is 15.2. The second-order valence-corrected chi connectivity index (χ2v) is 31.5. The van der Waals surface area contributed by atoms with E-state index in [9.17, 15) is 0 Å². The molecule has 0 aliphatic heterocycles. The van der Waals surface area contributed by atoms with Crippen molar-refractivity contribution in [2.24, 2.45) is 118 Å². The number of hydrogen-bond acceptors (Lipinski definition) is 2. The summed E-state index contributed by atoms with van der Waals surface area (Å²) in [5, 5.41) is 0. The lowest BCUT2D eigenvalue weighted by atomic mass is 9.47. The molecule has 2 heteroatoms. The second-order valence-electron chi connectivity index (χ2n) is 31.5. The van der Waals surface area contributed by atoms with Crippen molar-refractivity contribution in [3.05, 3.63) is 0 Å². The van der Waals surface area contributed by atoms with Crippen molar-refractivity contribution in [1.29, 1.82) is 0 Å². The lowest BCUT2D eigenvalue weighted by molar-refractivity contribution is -0.111. The molecule has 15 aliphatic carbocycles. The van der Waals surface area contributed by atoms with Gasteiger partial charge >= 0.3 is 0 Å². The summed E-state index contributed by atoms with van der Waals surface area (Å²) in [6, 6.07) is 5.62. The molecule has 0 bridgehead atoms. The standard InChI is InChI=1S/C70H114N2/c1-7-23-45(24-8-1)61-67-55-39-41-59(71(49-29-11-3-12-30-49)50-31-13-4-14-32-50)65-54-38-22-20-28-48(54)44-58(63(55)65)70(67)62(46-25-9-2-10-26-46)68-56-40-42-60(72(51-33-15-5-16-34-51)52-35-17-6-18-36-52)66-53-37-21-19-27-47(53)43-57(64(56)66)69(61)68/h45-70H,1-44H2. The first-order valence-electron chi connectivity index (χ1n) is 35.3. The van der Waals surface area contributed by atoms with Gasteiger partial charge in [0.05, 0.1) is 0 Å². The molecule has 0 saturated heterocycles. The van der Waals surface area contributed by atoms with Crippen molar-refractivity contribution >= 4 is 0 Å². The van der Waals surface area contributed by atoms with Gasteiger partial charge in [0, 0.05) is 36.3 Å². The zero-order valence-electron chi connectivity index (χ0n) is 47.0. The number of hydrogen-bond donors (Lipinski definition) is 0. The summed E-state index contributed by atoms with van der Waals surface area (Å²) in [6.45, 7) is 0. The van der Waals surface area contributed by atoms with Gasteiger partial charge in [0.2, 0.25) is 0 Å². The van der Waals surface area contributed by atoms with E-state index in [1.165, 1.54) is 77.0 Å². The zero-order valence-corrected chi connectivity index (χ0v) is 47.0. The summed E-state index contributed by atoms with van der Waals surface area (Å²) in [5.41, 5.74) is 0. The Kier molecular flexibility index (Phi) is 14.4. The lowest BCUT2D eigenvalue weighted by Crippen LogP contribution is -2.61. The van der Waals surface area contributed by atoms with Crippen LogP contribution in [0, 0.1) is 118 Å². The van der Waals surface area contributed by atoms with Crippen LogP contribution in [0.4, 0.5) is 0 Å². The Morgan fingerprint density at radius 2 is 0.444 bits per heavy atom. The lowest BCUT2D eigenvalue weighted by Gasteiger charge is -2.60. The van der Waals surface area contributed by atoms with Gasteiger partial charge in [0.25, 0.3) is 0 Å². The van der Waals surface area contributed by atoms with E-state index in [1.807, 2.05) is 0 Å². The Hall–Kier alpha value is -0.0800. The van der Waals surface area contributed by atoms with E-state index in [1.54, 1.807) is 205 Å². The summed E-state index contributed by atoms with van der Waals surface area (Å²) in [6.07, 6.45) is 70.0. The fraction of sp³-hybridized carbons (Fsp3) is 1.00. The molecule has 0 aromatic heterocycles. The molecule has 0 radical (unpaired) electrons. The monoisotopic (exact) mass is 983 g/mol. The Bertz CT molecular complexity index is 1610. The topological polar surface area (TPSA) is 6.48 Å². The number of nitrogens with zero attached hydrogens (tertiary/aromatic N) is 2. The Morgan fingerprint density at radius 1 is 0.167 bits per heavy atom. The van der Waals surface area contributed by atoms with Crippen molar-refractivity contribution in [2.75, 3.05) is 0 Å². The molecule has 15 aliphatic rings. The highest BCUT2D eigenvalue weighted by molar-refractivity contribution is 5.22. The van der Waals surface area contributed by atoms with E-state index in [-0.39, 0.29) is 0 Å². The van der Waals surface area contributed by atoms with Crippen LogP contribution in [0.2, 0.25) is 0 Å². The summed E-state index contributed by atoms with van der Waals surface area (Å²) in [7, 11) is 0. The summed E-state index contributed by atoms with van der Waals surface area (Å²) in [5.74, 6) is 22.0. The largest absolute Gasteiger partial charge is 0.294 e. The molecule has 15 rings (SSSR count). The highest BCUT2D eigenvalue weighted by Crippen LogP contribution is 2.78. The van der Waals surface area contributed by atoms with Crippen LogP contribution in [0.1, 0.15) is 283 Å². The fourth-order valence-electron chi connectivity index (χ4n) is 27.7. The maximum absolute atomic E-state index is 3.54. The molecule has 404 valence electrons. The molecule has 20 unspecified atom stereocenters. The van der Waals surface area contributed by atoms with Gasteiger partial charge in [0.15, 0.2) is 0 Å². The second kappa shape index (κ2) is 21.2. The first-order chi connectivity index (χ1) is 35.8. The van der Waals surface area contributed by atoms with Crippen molar-refractivity contribution in [3.8, 4) is 0 Å². The Morgan fingerprint density at radius 3 is 0.792 bits per heavy atom. The third kappa shape index (κ3) is 8.31. The van der Waals surface area contributed by atoms with E-state index in [0.717, 1.165) is 155 Å². The van der Waals surface area contributed by atoms with Gasteiger partial charge in [-0.1, -0.05) is 180 Å². The van der Waals surface area contributed by atoms with Gasteiger partial charge < -0.3 is 0 Å². The Balaban J connectivity index is 0.862. The maximum Gasteiger partial charge on any atom is 0.0135 e. The molecule has 15 saturated carbocycles. The predicted molar refractivity (Wildman–Crippen MR) is 299 cm³/mol. The highest BCUT2D eigenvalue weighted by Gasteiger charge is 2.74. The minimum Gasteiger partial charge on any atom is -0.294 e. The molecule has 0 aromatic carbocycles. The summed E-state index contributed by atoms with van der Waals surface area (Å²) < 4.78 is 0. The normalized spacial score (nSPS) is 49.9. The molecular weight excluding hydrogens is 869 g/mol. The molecule has 0 spiro atoms. The van der Waals surface area contributed by atoms with Crippen molar-refractivity contribution in [2.45, 2.75) is 319 Å². The fourth-order valence-corrected chi connectivity index (χ4v) is 27.7. The molecule has 0 heterocycles.